The Morgan fingerprint density at radius 1 is 0.740 bits per heavy atom. The van der Waals surface area contributed by atoms with Crippen molar-refractivity contribution < 1.29 is 14.3 Å². The lowest BCUT2D eigenvalue weighted by atomic mass is 9.87. The molecule has 6 aromatic heterocycles. The zero-order chi connectivity index (χ0) is 36.3. The van der Waals surface area contributed by atoms with Crippen molar-refractivity contribution in [2.24, 2.45) is 10.8 Å². The van der Waals surface area contributed by atoms with Crippen LogP contribution >= 0.6 is 0 Å². The smallest absolute Gasteiger partial charge is 0.171 e. The molecule has 0 atom stereocenters. The van der Waals surface area contributed by atoms with Crippen LogP contribution in [-0.2, 0) is 11.5 Å². The maximum absolute atomic E-state index is 13.1. The highest BCUT2D eigenvalue weighted by atomic mass is 28.3. The number of pyridine rings is 2. The van der Waals surface area contributed by atoms with E-state index in [9.17, 15) is 9.59 Å². The molecule has 0 aliphatic heterocycles. The number of ether oxygens (including phenoxy) is 1. The van der Waals surface area contributed by atoms with E-state index in [1.165, 1.54) is 0 Å². The molecule has 6 aromatic rings. The molecule has 1 N–H and O–H groups in total. The Labute approximate surface area is 294 Å². The van der Waals surface area contributed by atoms with E-state index in [0.29, 0.717) is 58.2 Å². The fraction of sp³-hybridized carbons (Fsp3) is 0.368. The number of aromatic nitrogens is 8. The third-order valence-corrected chi connectivity index (χ3v) is 9.58. The van der Waals surface area contributed by atoms with E-state index >= 15 is 0 Å². The standard InChI is InChI=1S/C22H30N4O2Si.C16H16N4O/c1-22(2,3)20(27)16-14-26(15-28-11-12-29(4,5)6)21-19(16)25-18(13-24-21)17-9-7-8-10-23-17;1-16(2,3)14(21)10-8-18-15-13(10)20-12(9-19-15)11-6-4-5-7-17-11/h7-10,13-14H,11-12,15H2,1-6H3;4-9H,1-3H3,(H,18,19). The van der Waals surface area contributed by atoms with Crippen molar-refractivity contribution in [3.63, 3.8) is 0 Å². The highest BCUT2D eigenvalue weighted by Gasteiger charge is 2.29. The Hall–Kier alpha value is -4.94. The molecule has 50 heavy (non-hydrogen) atoms. The molecule has 11 nitrogen and oxygen atoms in total. The molecule has 0 aliphatic rings. The highest BCUT2D eigenvalue weighted by Crippen LogP contribution is 2.29. The maximum atomic E-state index is 13.1. The van der Waals surface area contributed by atoms with Crippen LogP contribution in [0.25, 0.3) is 45.1 Å². The quantitative estimate of drug-likeness (QED) is 0.0901. The molecule has 12 heteroatoms. The first-order valence-corrected chi connectivity index (χ1v) is 20.4. The van der Waals surface area contributed by atoms with Gasteiger partial charge in [-0.15, -0.1) is 0 Å². The molecule has 0 saturated heterocycles. The van der Waals surface area contributed by atoms with Crippen LogP contribution in [0.3, 0.4) is 0 Å². The first-order chi connectivity index (χ1) is 23.5. The van der Waals surface area contributed by atoms with Crippen molar-refractivity contribution >= 4 is 42.0 Å². The van der Waals surface area contributed by atoms with Gasteiger partial charge in [0.05, 0.1) is 34.9 Å². The van der Waals surface area contributed by atoms with Crippen LogP contribution in [-0.4, -0.2) is 65.7 Å². The fourth-order valence-electron chi connectivity index (χ4n) is 5.01. The zero-order valence-corrected chi connectivity index (χ0v) is 31.4. The Kier molecular flexibility index (Phi) is 10.5. The summed E-state index contributed by atoms with van der Waals surface area (Å²) in [5.41, 5.74) is 5.42. The van der Waals surface area contributed by atoms with Gasteiger partial charge in [0.15, 0.2) is 22.9 Å². The number of carbonyl (C=O) groups excluding carboxylic acids is 2. The average Bonchev–Trinajstić information content (AvgIpc) is 3.66. The Balaban J connectivity index is 0.000000204. The lowest BCUT2D eigenvalue weighted by Crippen LogP contribution is -2.22. The molecular weight excluding hydrogens is 645 g/mol. The Morgan fingerprint density at radius 2 is 1.30 bits per heavy atom. The van der Waals surface area contributed by atoms with Crippen molar-refractivity contribution in [1.29, 1.82) is 0 Å². The summed E-state index contributed by atoms with van der Waals surface area (Å²) in [5.74, 6) is 0.0806. The predicted molar refractivity (Wildman–Crippen MR) is 200 cm³/mol. The van der Waals surface area contributed by atoms with Crippen LogP contribution < -0.4 is 0 Å². The number of nitrogens with zero attached hydrogens (tertiary/aromatic N) is 7. The Bertz CT molecular complexity index is 2110. The lowest BCUT2D eigenvalue weighted by molar-refractivity contribution is 0.0846. The highest BCUT2D eigenvalue weighted by molar-refractivity contribution is 6.76. The van der Waals surface area contributed by atoms with Crippen LogP contribution in [0.2, 0.25) is 25.7 Å². The molecule has 0 spiro atoms. The van der Waals surface area contributed by atoms with Gasteiger partial charge in [0.2, 0.25) is 0 Å². The fourth-order valence-corrected chi connectivity index (χ4v) is 5.76. The molecule has 0 saturated carbocycles. The minimum absolute atomic E-state index is 0.0378. The van der Waals surface area contributed by atoms with Gasteiger partial charge in [-0.3, -0.25) is 19.6 Å². The summed E-state index contributed by atoms with van der Waals surface area (Å²) in [5, 5.41) is 0. The van der Waals surface area contributed by atoms with Crippen LogP contribution in [0.5, 0.6) is 0 Å². The van der Waals surface area contributed by atoms with Gasteiger partial charge in [-0.1, -0.05) is 73.3 Å². The monoisotopic (exact) mass is 690 g/mol. The van der Waals surface area contributed by atoms with Crippen molar-refractivity contribution in [2.75, 3.05) is 6.61 Å². The number of hydrogen-bond donors (Lipinski definition) is 1. The maximum Gasteiger partial charge on any atom is 0.171 e. The van der Waals surface area contributed by atoms with Gasteiger partial charge < -0.3 is 14.3 Å². The second-order valence-corrected chi connectivity index (χ2v) is 21.2. The number of carbonyl (C=O) groups is 2. The first kappa shape index (κ1) is 36.3. The number of aromatic amines is 1. The molecule has 0 aliphatic carbocycles. The number of ketones is 2. The molecule has 0 unspecified atom stereocenters. The van der Waals surface area contributed by atoms with Gasteiger partial charge in [0, 0.05) is 50.3 Å². The third kappa shape index (κ3) is 8.61. The van der Waals surface area contributed by atoms with E-state index in [0.717, 1.165) is 17.4 Å². The number of H-pyrrole nitrogens is 1. The van der Waals surface area contributed by atoms with E-state index < -0.39 is 18.9 Å². The molecular formula is C38H46N8O3Si. The van der Waals surface area contributed by atoms with Gasteiger partial charge in [0.1, 0.15) is 29.2 Å². The molecule has 0 bridgehead atoms. The topological polar surface area (TPSA) is 141 Å². The molecule has 0 fully saturated rings. The summed E-state index contributed by atoms with van der Waals surface area (Å²) < 4.78 is 7.79. The number of rotatable bonds is 9. The second kappa shape index (κ2) is 14.5. The lowest BCUT2D eigenvalue weighted by Gasteiger charge is -2.16. The Morgan fingerprint density at radius 3 is 1.84 bits per heavy atom. The SMILES string of the molecule is CC(C)(C)C(=O)c1c[nH]c2ncc(-c3ccccn3)nc12.CC(C)(C)C(=O)c1cn(COCC[Si](C)(C)C)c2ncc(-c3ccccn3)nc12. The summed E-state index contributed by atoms with van der Waals surface area (Å²) in [6.07, 6.45) is 10.3. The normalized spacial score (nSPS) is 12.2. The summed E-state index contributed by atoms with van der Waals surface area (Å²) in [6, 6.07) is 12.4. The van der Waals surface area contributed by atoms with Gasteiger partial charge in [-0.2, -0.15) is 0 Å². The van der Waals surface area contributed by atoms with Gasteiger partial charge in [-0.05, 0) is 30.3 Å². The second-order valence-electron chi connectivity index (χ2n) is 15.5. The molecule has 6 heterocycles. The zero-order valence-electron chi connectivity index (χ0n) is 30.4. The van der Waals surface area contributed by atoms with Crippen molar-refractivity contribution in [3.05, 3.63) is 84.7 Å². The van der Waals surface area contributed by atoms with Crippen molar-refractivity contribution in [1.82, 2.24) is 39.5 Å². The molecule has 0 amide bonds. The van der Waals surface area contributed by atoms with Crippen LogP contribution in [0.15, 0.2) is 73.6 Å². The van der Waals surface area contributed by atoms with Gasteiger partial charge in [-0.25, -0.2) is 19.9 Å². The van der Waals surface area contributed by atoms with Crippen LogP contribution in [0.1, 0.15) is 62.3 Å². The van der Waals surface area contributed by atoms with E-state index in [1.807, 2.05) is 88.7 Å². The molecule has 0 aromatic carbocycles. The number of hydrogen-bond acceptors (Lipinski definition) is 9. The van der Waals surface area contributed by atoms with E-state index in [-0.39, 0.29) is 11.6 Å². The number of fused-ring (bicyclic) bond motifs is 2. The minimum atomic E-state index is -1.15. The van der Waals surface area contributed by atoms with E-state index in [2.05, 4.69) is 49.5 Å². The van der Waals surface area contributed by atoms with Gasteiger partial charge in [0.25, 0.3) is 0 Å². The first-order valence-electron chi connectivity index (χ1n) is 16.7. The largest absolute Gasteiger partial charge is 0.361 e. The van der Waals surface area contributed by atoms with Gasteiger partial charge >= 0.3 is 0 Å². The molecule has 6 rings (SSSR count). The summed E-state index contributed by atoms with van der Waals surface area (Å²) in [6.45, 7) is 19.5. The minimum Gasteiger partial charge on any atom is -0.361 e. The number of Topliss-reactive ketones (excluding diaryl/α,β-unsaturated/α-hetero) is 2. The summed E-state index contributed by atoms with van der Waals surface area (Å²) >= 11 is 0. The molecule has 0 radical (unpaired) electrons. The summed E-state index contributed by atoms with van der Waals surface area (Å²) in [7, 11) is -1.15. The van der Waals surface area contributed by atoms with Crippen molar-refractivity contribution in [2.45, 2.75) is 74.0 Å². The van der Waals surface area contributed by atoms with E-state index in [4.69, 9.17) is 9.72 Å². The van der Waals surface area contributed by atoms with Crippen molar-refractivity contribution in [3.8, 4) is 22.8 Å². The summed E-state index contributed by atoms with van der Waals surface area (Å²) in [4.78, 5) is 55.4. The molecule has 260 valence electrons. The third-order valence-electron chi connectivity index (χ3n) is 7.88. The van der Waals surface area contributed by atoms with Crippen LogP contribution in [0, 0.1) is 10.8 Å². The van der Waals surface area contributed by atoms with E-state index in [1.54, 1.807) is 31.0 Å². The van der Waals surface area contributed by atoms with Crippen LogP contribution in [0.4, 0.5) is 0 Å². The number of nitrogens with one attached hydrogen (secondary N) is 1. The predicted octanol–water partition coefficient (Wildman–Crippen LogP) is 8.28. The average molecular weight is 691 g/mol.